The molecule has 0 unspecified atom stereocenters. The maximum absolute atomic E-state index is 14.2. The third kappa shape index (κ3) is 6.30. The second-order valence-electron chi connectivity index (χ2n) is 7.55. The van der Waals surface area contributed by atoms with Gasteiger partial charge in [-0.25, -0.2) is 4.39 Å². The van der Waals surface area contributed by atoms with Crippen LogP contribution in [0.3, 0.4) is 0 Å². The predicted molar refractivity (Wildman–Crippen MR) is 91.0 cm³/mol. The van der Waals surface area contributed by atoms with Gasteiger partial charge in [-0.05, 0) is 77.9 Å². The summed E-state index contributed by atoms with van der Waals surface area (Å²) >= 11 is -0.433. The second-order valence-corrected chi connectivity index (χ2v) is 10.6. The molecule has 0 spiro atoms. The predicted octanol–water partition coefficient (Wildman–Crippen LogP) is 2.31. The lowest BCUT2D eigenvalue weighted by atomic mass is 10.2. The molecule has 0 amide bonds. The van der Waals surface area contributed by atoms with Crippen molar-refractivity contribution in [3.63, 3.8) is 0 Å². The van der Waals surface area contributed by atoms with E-state index in [0.717, 1.165) is 9.32 Å². The quantitative estimate of drug-likeness (QED) is 0.676. The number of benzene rings is 2. The lowest BCUT2D eigenvalue weighted by molar-refractivity contribution is -0.597. The Balaban J connectivity index is 2.07. The summed E-state index contributed by atoms with van der Waals surface area (Å²) < 4.78 is 27.9. The molecule has 2 nitrogen and oxygen atoms in total. The van der Waals surface area contributed by atoms with Gasteiger partial charge in [0, 0.05) is 6.07 Å². The first-order chi connectivity index (χ1) is 11.0. The van der Waals surface area contributed by atoms with Gasteiger partial charge in [0.25, 0.3) is 0 Å². The summed E-state index contributed by atoms with van der Waals surface area (Å²) in [6, 6.07) is 13.4. The lowest BCUT2D eigenvalue weighted by Gasteiger charge is -2.21. The Morgan fingerprint density at radius 1 is 0.750 bits per heavy atom. The first-order valence-corrected chi connectivity index (χ1v) is 10.1. The van der Waals surface area contributed by atoms with Gasteiger partial charge < -0.3 is 9.47 Å². The monoisotopic (exact) mass is 443 g/mol. The van der Waals surface area contributed by atoms with Gasteiger partial charge in [-0.2, -0.15) is 0 Å². The molecule has 0 saturated heterocycles. The van der Waals surface area contributed by atoms with Crippen LogP contribution in [0.15, 0.2) is 42.5 Å². The first kappa shape index (κ1) is 19.0. The highest BCUT2D eigenvalue weighted by Gasteiger charge is 2.21. The number of ether oxygens (including phenoxy) is 2. The summed E-state index contributed by atoms with van der Waals surface area (Å²) in [6.07, 6.45) is 0. The highest BCUT2D eigenvalue weighted by molar-refractivity contribution is 5.25. The topological polar surface area (TPSA) is 18.5 Å². The van der Waals surface area contributed by atoms with E-state index in [4.69, 9.17) is 9.47 Å². The zero-order chi connectivity index (χ0) is 18.0. The number of hydrogen-bond acceptors (Lipinski definition) is 2. The zero-order valence-electron chi connectivity index (χ0n) is 15.1. The third-order valence-electron chi connectivity index (χ3n) is 2.77. The normalized spacial score (nSPS) is 12.1. The number of halogens is 2. The van der Waals surface area contributed by atoms with Crippen LogP contribution in [0.25, 0.3) is 0 Å². The van der Waals surface area contributed by atoms with E-state index in [1.165, 1.54) is 3.57 Å². The van der Waals surface area contributed by atoms with Crippen LogP contribution in [0.5, 0.6) is 11.5 Å². The van der Waals surface area contributed by atoms with Crippen molar-refractivity contribution in [1.29, 1.82) is 0 Å². The molecule has 0 aliphatic carbocycles. The fraction of sp³-hybridized carbons (Fsp3) is 0.400. The average molecular weight is 443 g/mol. The number of rotatable bonds is 4. The van der Waals surface area contributed by atoms with Crippen LogP contribution in [0.4, 0.5) is 4.39 Å². The number of hydrogen-bond donors (Lipinski definition) is 0. The highest BCUT2D eigenvalue weighted by Crippen LogP contribution is 2.21. The molecule has 0 radical (unpaired) electrons. The van der Waals surface area contributed by atoms with Gasteiger partial charge in [-0.3, -0.25) is 0 Å². The van der Waals surface area contributed by atoms with Crippen molar-refractivity contribution in [2.24, 2.45) is 0 Å². The Labute approximate surface area is 154 Å². The molecule has 0 saturated carbocycles. The van der Waals surface area contributed by atoms with Gasteiger partial charge in [0.1, 0.15) is 17.0 Å². The molecule has 2 aromatic carbocycles. The van der Waals surface area contributed by atoms with E-state index in [0.29, 0.717) is 5.75 Å². The molecule has 4 heteroatoms. The van der Waals surface area contributed by atoms with E-state index in [2.05, 4.69) is 12.1 Å². The minimum Gasteiger partial charge on any atom is -0.488 e. The Hall–Kier alpha value is -1.30. The van der Waals surface area contributed by atoms with Crippen LogP contribution in [0.1, 0.15) is 41.5 Å². The minimum absolute atomic E-state index is 0.206. The highest BCUT2D eigenvalue weighted by atomic mass is 127. The van der Waals surface area contributed by atoms with Gasteiger partial charge >= 0.3 is 21.2 Å². The SMILES string of the molecule is CC(C)(C)Oc1ccc([I+]c2ccc(OC(C)(C)C)c(F)c2)cc1. The molecule has 0 atom stereocenters. The van der Waals surface area contributed by atoms with Crippen LogP contribution in [-0.4, -0.2) is 11.2 Å². The van der Waals surface area contributed by atoms with Crippen LogP contribution in [0, 0.1) is 13.0 Å². The third-order valence-corrected chi connectivity index (χ3v) is 5.40. The molecule has 0 bridgehead atoms. The smallest absolute Gasteiger partial charge is 0.358 e. The minimum atomic E-state index is -0.433. The fourth-order valence-corrected chi connectivity index (χ4v) is 4.22. The molecule has 24 heavy (non-hydrogen) atoms. The van der Waals surface area contributed by atoms with Gasteiger partial charge in [0.05, 0.1) is 0 Å². The summed E-state index contributed by atoms with van der Waals surface area (Å²) in [5.74, 6) is 0.870. The molecule has 2 aromatic rings. The van der Waals surface area contributed by atoms with E-state index in [-0.39, 0.29) is 11.4 Å². The van der Waals surface area contributed by atoms with E-state index >= 15 is 0 Å². The Bertz CT molecular complexity index is 682. The van der Waals surface area contributed by atoms with E-state index < -0.39 is 26.8 Å². The average Bonchev–Trinajstić information content (AvgIpc) is 2.41. The standard InChI is InChI=1S/C20H25FIO2/c1-19(2,3)23-16-10-7-14(8-11-16)22-15-9-12-18(17(21)13-15)24-20(4,5)6/h7-13H,1-6H3/q+1. The molecule has 2 rings (SSSR count). The molecule has 0 aromatic heterocycles. The van der Waals surface area contributed by atoms with Crippen LogP contribution in [0.2, 0.25) is 0 Å². The maximum Gasteiger partial charge on any atom is 0.358 e. The van der Waals surface area contributed by atoms with Crippen LogP contribution < -0.4 is 30.7 Å². The summed E-state index contributed by atoms with van der Waals surface area (Å²) in [5.41, 5.74) is -0.608. The molecule has 0 aliphatic heterocycles. The van der Waals surface area contributed by atoms with Gasteiger partial charge in [-0.15, -0.1) is 0 Å². The summed E-state index contributed by atoms with van der Waals surface area (Å²) in [5, 5.41) is 0. The van der Waals surface area contributed by atoms with Crippen molar-refractivity contribution in [1.82, 2.24) is 0 Å². The van der Waals surface area contributed by atoms with Crippen molar-refractivity contribution in [3.8, 4) is 11.5 Å². The van der Waals surface area contributed by atoms with Crippen molar-refractivity contribution >= 4 is 0 Å². The maximum atomic E-state index is 14.2. The Kier molecular flexibility index (Phi) is 5.78. The lowest BCUT2D eigenvalue weighted by Crippen LogP contribution is -3.61. The fourth-order valence-electron chi connectivity index (χ4n) is 1.99. The van der Waals surface area contributed by atoms with Crippen molar-refractivity contribution in [2.75, 3.05) is 0 Å². The van der Waals surface area contributed by atoms with E-state index in [9.17, 15) is 4.39 Å². The summed E-state index contributed by atoms with van der Waals surface area (Å²) in [7, 11) is 0. The molecule has 0 heterocycles. The first-order valence-electron chi connectivity index (χ1n) is 7.94. The van der Waals surface area contributed by atoms with Crippen LogP contribution >= 0.6 is 0 Å². The summed E-state index contributed by atoms with van der Waals surface area (Å²) in [6.45, 7) is 11.8. The van der Waals surface area contributed by atoms with Crippen LogP contribution in [-0.2, 0) is 0 Å². The largest absolute Gasteiger partial charge is 0.488 e. The molecular formula is C20H25FIO2+. The van der Waals surface area contributed by atoms with Gasteiger partial charge in [0.2, 0.25) is 0 Å². The van der Waals surface area contributed by atoms with Crippen molar-refractivity contribution in [2.45, 2.75) is 52.7 Å². The molecule has 130 valence electrons. The zero-order valence-corrected chi connectivity index (χ0v) is 17.3. The second kappa shape index (κ2) is 7.30. The van der Waals surface area contributed by atoms with Crippen molar-refractivity contribution < 1.29 is 35.1 Å². The summed E-state index contributed by atoms with van der Waals surface area (Å²) in [4.78, 5) is 0. The Morgan fingerprint density at radius 3 is 1.79 bits per heavy atom. The van der Waals surface area contributed by atoms with E-state index in [1.807, 2.05) is 59.7 Å². The van der Waals surface area contributed by atoms with Gasteiger partial charge in [0.15, 0.2) is 18.7 Å². The molecule has 0 aliphatic rings. The Morgan fingerprint density at radius 2 is 1.29 bits per heavy atom. The molecule has 0 N–H and O–H groups in total. The molecular weight excluding hydrogens is 418 g/mol. The van der Waals surface area contributed by atoms with Crippen molar-refractivity contribution in [3.05, 3.63) is 55.4 Å². The van der Waals surface area contributed by atoms with E-state index in [1.54, 1.807) is 12.1 Å². The van der Waals surface area contributed by atoms with Gasteiger partial charge in [-0.1, -0.05) is 0 Å². The molecule has 0 fully saturated rings.